The number of carboxylic acids is 1. The molecule has 5 N–H and O–H groups in total. The van der Waals surface area contributed by atoms with Crippen molar-refractivity contribution in [3.63, 3.8) is 0 Å². The van der Waals surface area contributed by atoms with Gasteiger partial charge < -0.3 is 16.6 Å². The van der Waals surface area contributed by atoms with E-state index in [2.05, 4.69) is 0 Å². The predicted molar refractivity (Wildman–Crippen MR) is 47.8 cm³/mol. The summed E-state index contributed by atoms with van der Waals surface area (Å²) >= 11 is 0. The Bertz CT molecular complexity index is 194. The minimum absolute atomic E-state index is 0.259. The number of rotatable bonds is 6. The van der Waals surface area contributed by atoms with E-state index in [1.807, 2.05) is 6.92 Å². The average molecular weight is 188 g/mol. The molecule has 0 spiro atoms. The number of hydrogen-bond acceptors (Lipinski definition) is 3. The lowest BCUT2D eigenvalue weighted by molar-refractivity contribution is -0.139. The van der Waals surface area contributed by atoms with Crippen LogP contribution in [0.1, 0.15) is 26.2 Å². The van der Waals surface area contributed by atoms with Crippen LogP contribution in [0.15, 0.2) is 0 Å². The molecule has 0 aliphatic carbocycles. The number of nitrogens with two attached hydrogens (primary N) is 2. The predicted octanol–water partition coefficient (Wildman–Crippen LogP) is -0.310. The van der Waals surface area contributed by atoms with Gasteiger partial charge in [0.05, 0.1) is 0 Å². The van der Waals surface area contributed by atoms with Crippen LogP contribution in [-0.2, 0) is 9.59 Å². The Balaban J connectivity index is 3.85. The van der Waals surface area contributed by atoms with Gasteiger partial charge in [-0.05, 0) is 19.3 Å². The van der Waals surface area contributed by atoms with E-state index in [0.29, 0.717) is 12.8 Å². The number of carbonyl (C=O) groups excluding carboxylic acids is 1. The fraction of sp³-hybridized carbons (Fsp3) is 0.750. The standard InChI is InChI=1S/C8H16N2O3/c1-2-5(7(10)11)3-4-6(9)8(12)13/h5-6H,2-4,9H2,1H3,(H2,10,11)(H,12,13). The van der Waals surface area contributed by atoms with E-state index < -0.39 is 12.0 Å². The van der Waals surface area contributed by atoms with Crippen LogP contribution >= 0.6 is 0 Å². The molecule has 76 valence electrons. The molecule has 0 radical (unpaired) electrons. The molecule has 1 amide bonds. The van der Waals surface area contributed by atoms with Gasteiger partial charge in [-0.15, -0.1) is 0 Å². The molecule has 0 rings (SSSR count). The van der Waals surface area contributed by atoms with Gasteiger partial charge in [-0.3, -0.25) is 9.59 Å². The van der Waals surface area contributed by atoms with E-state index in [1.165, 1.54) is 0 Å². The maximum absolute atomic E-state index is 10.7. The average Bonchev–Trinajstić information content (AvgIpc) is 2.04. The second-order valence-corrected chi connectivity index (χ2v) is 3.03. The van der Waals surface area contributed by atoms with Crippen molar-refractivity contribution in [3.05, 3.63) is 0 Å². The summed E-state index contributed by atoms with van der Waals surface area (Å²) in [6.07, 6.45) is 1.36. The first kappa shape index (κ1) is 11.9. The molecule has 0 aromatic carbocycles. The van der Waals surface area contributed by atoms with E-state index in [0.717, 1.165) is 0 Å². The Morgan fingerprint density at radius 1 is 1.38 bits per heavy atom. The van der Waals surface area contributed by atoms with Crippen molar-refractivity contribution < 1.29 is 14.7 Å². The molecular weight excluding hydrogens is 172 g/mol. The summed E-state index contributed by atoms with van der Waals surface area (Å²) in [4.78, 5) is 21.1. The second kappa shape index (κ2) is 5.53. The fourth-order valence-corrected chi connectivity index (χ4v) is 1.05. The van der Waals surface area contributed by atoms with Crippen molar-refractivity contribution in [2.45, 2.75) is 32.2 Å². The summed E-state index contributed by atoms with van der Waals surface area (Å²) in [6.45, 7) is 1.84. The zero-order valence-electron chi connectivity index (χ0n) is 7.69. The topological polar surface area (TPSA) is 106 Å². The van der Waals surface area contributed by atoms with Crippen molar-refractivity contribution in [1.82, 2.24) is 0 Å². The fourth-order valence-electron chi connectivity index (χ4n) is 1.05. The first-order chi connectivity index (χ1) is 5.99. The quantitative estimate of drug-likeness (QED) is 0.531. The van der Waals surface area contributed by atoms with Crippen LogP contribution in [0.4, 0.5) is 0 Å². The first-order valence-electron chi connectivity index (χ1n) is 4.26. The number of amides is 1. The molecule has 0 bridgehead atoms. The lowest BCUT2D eigenvalue weighted by Crippen LogP contribution is -2.32. The summed E-state index contributed by atoms with van der Waals surface area (Å²) in [5, 5.41) is 8.47. The van der Waals surface area contributed by atoms with E-state index in [4.69, 9.17) is 16.6 Å². The van der Waals surface area contributed by atoms with Gasteiger partial charge >= 0.3 is 5.97 Å². The SMILES string of the molecule is CCC(CCC(N)C(=O)O)C(N)=O. The van der Waals surface area contributed by atoms with Gasteiger partial charge in [0.2, 0.25) is 5.91 Å². The van der Waals surface area contributed by atoms with Crippen molar-refractivity contribution in [1.29, 1.82) is 0 Å². The van der Waals surface area contributed by atoms with Crippen molar-refractivity contribution in [2.24, 2.45) is 17.4 Å². The maximum atomic E-state index is 10.7. The molecule has 13 heavy (non-hydrogen) atoms. The molecule has 0 aromatic heterocycles. The third-order valence-corrected chi connectivity index (χ3v) is 2.04. The summed E-state index contributed by atoms with van der Waals surface area (Å²) in [7, 11) is 0. The molecule has 0 heterocycles. The highest BCUT2D eigenvalue weighted by Gasteiger charge is 2.17. The number of primary amides is 1. The largest absolute Gasteiger partial charge is 0.480 e. The summed E-state index contributed by atoms with van der Waals surface area (Å²) in [5.74, 6) is -1.69. The molecule has 2 atom stereocenters. The van der Waals surface area contributed by atoms with E-state index >= 15 is 0 Å². The molecule has 5 heteroatoms. The van der Waals surface area contributed by atoms with Crippen LogP contribution < -0.4 is 11.5 Å². The zero-order valence-corrected chi connectivity index (χ0v) is 7.69. The summed E-state index contributed by atoms with van der Waals surface area (Å²) in [6, 6.07) is -0.895. The van der Waals surface area contributed by atoms with Gasteiger partial charge in [0, 0.05) is 5.92 Å². The van der Waals surface area contributed by atoms with Crippen molar-refractivity contribution >= 4 is 11.9 Å². The minimum atomic E-state index is -1.04. The zero-order chi connectivity index (χ0) is 10.4. The van der Waals surface area contributed by atoms with Crippen molar-refractivity contribution in [3.8, 4) is 0 Å². The van der Waals surface area contributed by atoms with Gasteiger partial charge in [-0.25, -0.2) is 0 Å². The second-order valence-electron chi connectivity index (χ2n) is 3.03. The third kappa shape index (κ3) is 4.47. The number of carboxylic acid groups (broad SMARTS) is 1. The molecule has 0 fully saturated rings. The molecule has 0 saturated carbocycles. The summed E-state index contributed by atoms with van der Waals surface area (Å²) < 4.78 is 0. The monoisotopic (exact) mass is 188 g/mol. The molecule has 2 unspecified atom stereocenters. The van der Waals surface area contributed by atoms with Gasteiger partial charge in [0.25, 0.3) is 0 Å². The molecular formula is C8H16N2O3. The lowest BCUT2D eigenvalue weighted by atomic mass is 9.97. The molecule has 0 aliphatic rings. The number of hydrogen-bond donors (Lipinski definition) is 3. The summed E-state index contributed by atoms with van der Waals surface area (Å²) in [5.41, 5.74) is 10.4. The van der Waals surface area contributed by atoms with Crippen LogP contribution in [0.5, 0.6) is 0 Å². The number of aliphatic carboxylic acids is 1. The Kier molecular flexibility index (Phi) is 5.06. The van der Waals surface area contributed by atoms with E-state index in [9.17, 15) is 9.59 Å². The van der Waals surface area contributed by atoms with Crippen LogP contribution in [0, 0.1) is 5.92 Å². The molecule has 5 nitrogen and oxygen atoms in total. The molecule has 0 saturated heterocycles. The Labute approximate surface area is 77.1 Å². The van der Waals surface area contributed by atoms with Gasteiger partial charge in [-0.1, -0.05) is 6.92 Å². The van der Waals surface area contributed by atoms with Gasteiger partial charge in [0.1, 0.15) is 6.04 Å². The molecule has 0 aromatic rings. The highest BCUT2D eigenvalue weighted by Crippen LogP contribution is 2.11. The minimum Gasteiger partial charge on any atom is -0.480 e. The smallest absolute Gasteiger partial charge is 0.320 e. The maximum Gasteiger partial charge on any atom is 0.320 e. The van der Waals surface area contributed by atoms with Gasteiger partial charge in [0.15, 0.2) is 0 Å². The van der Waals surface area contributed by atoms with Crippen LogP contribution in [-0.4, -0.2) is 23.0 Å². The molecule has 0 aliphatic heterocycles. The van der Waals surface area contributed by atoms with Gasteiger partial charge in [-0.2, -0.15) is 0 Å². The van der Waals surface area contributed by atoms with Crippen LogP contribution in [0.3, 0.4) is 0 Å². The lowest BCUT2D eigenvalue weighted by Gasteiger charge is -2.11. The van der Waals surface area contributed by atoms with Crippen LogP contribution in [0.25, 0.3) is 0 Å². The first-order valence-corrected chi connectivity index (χ1v) is 4.26. The van der Waals surface area contributed by atoms with Crippen molar-refractivity contribution in [2.75, 3.05) is 0 Å². The number of carbonyl (C=O) groups is 2. The highest BCUT2D eigenvalue weighted by atomic mass is 16.4. The van der Waals surface area contributed by atoms with E-state index in [-0.39, 0.29) is 18.2 Å². The Morgan fingerprint density at radius 3 is 2.23 bits per heavy atom. The normalized spacial score (nSPS) is 14.9. The van der Waals surface area contributed by atoms with Crippen LogP contribution in [0.2, 0.25) is 0 Å². The Hall–Kier alpha value is -1.10. The Morgan fingerprint density at radius 2 is 1.92 bits per heavy atom. The third-order valence-electron chi connectivity index (χ3n) is 2.04. The highest BCUT2D eigenvalue weighted by molar-refractivity contribution is 5.77. The van der Waals surface area contributed by atoms with E-state index in [1.54, 1.807) is 0 Å².